The summed E-state index contributed by atoms with van der Waals surface area (Å²) in [5, 5.41) is 5.89. The Morgan fingerprint density at radius 3 is 2.67 bits per heavy atom. The number of benzene rings is 1. The van der Waals surface area contributed by atoms with E-state index < -0.39 is 0 Å². The van der Waals surface area contributed by atoms with Crippen molar-refractivity contribution in [1.82, 2.24) is 5.32 Å². The molecule has 3 heteroatoms. The van der Waals surface area contributed by atoms with Gasteiger partial charge >= 0.3 is 0 Å². The number of thiophene rings is 1. The molecule has 0 bridgehead atoms. The fraction of sp³-hybridized carbons (Fsp3) is 0.444. The van der Waals surface area contributed by atoms with E-state index >= 15 is 0 Å². The molecule has 1 heterocycles. The van der Waals surface area contributed by atoms with Crippen LogP contribution in [0, 0.1) is 11.7 Å². The molecular formula is C18H22FNS. The van der Waals surface area contributed by atoms with Crippen LogP contribution in [0.4, 0.5) is 4.39 Å². The van der Waals surface area contributed by atoms with Gasteiger partial charge in [-0.05, 0) is 54.8 Å². The molecule has 1 nitrogen and oxygen atoms in total. The van der Waals surface area contributed by atoms with Crippen LogP contribution in [0.15, 0.2) is 41.8 Å². The van der Waals surface area contributed by atoms with E-state index in [9.17, 15) is 4.39 Å². The van der Waals surface area contributed by atoms with Crippen molar-refractivity contribution in [3.8, 4) is 0 Å². The van der Waals surface area contributed by atoms with Crippen LogP contribution >= 0.6 is 11.3 Å². The third-order valence-corrected chi connectivity index (χ3v) is 5.45. The van der Waals surface area contributed by atoms with Gasteiger partial charge in [-0.1, -0.05) is 31.0 Å². The highest BCUT2D eigenvalue weighted by Crippen LogP contribution is 2.38. The lowest BCUT2D eigenvalue weighted by molar-refractivity contribution is 0.342. The Morgan fingerprint density at radius 1 is 1.19 bits per heavy atom. The minimum atomic E-state index is -0.158. The molecule has 1 aromatic carbocycles. The van der Waals surface area contributed by atoms with Gasteiger partial charge < -0.3 is 5.32 Å². The second-order valence-corrected chi connectivity index (χ2v) is 6.96. The molecule has 1 fully saturated rings. The molecule has 2 aromatic rings. The Hall–Kier alpha value is -1.19. The Bertz CT molecular complexity index is 560. The van der Waals surface area contributed by atoms with Crippen molar-refractivity contribution in [3.63, 3.8) is 0 Å². The van der Waals surface area contributed by atoms with Crippen molar-refractivity contribution in [1.29, 1.82) is 0 Å². The minimum absolute atomic E-state index is 0.158. The summed E-state index contributed by atoms with van der Waals surface area (Å²) in [7, 11) is 0. The van der Waals surface area contributed by atoms with Crippen LogP contribution in [0.5, 0.6) is 0 Å². The maximum Gasteiger partial charge on any atom is 0.123 e. The summed E-state index contributed by atoms with van der Waals surface area (Å²) in [6.45, 7) is 2.13. The van der Waals surface area contributed by atoms with Crippen LogP contribution in [0.3, 0.4) is 0 Å². The molecule has 0 radical (unpaired) electrons. The molecule has 1 aliphatic rings. The normalized spacial score (nSPS) is 18.8. The standard InChI is InChI=1S/C18H22FNS/c1-13(15-8-4-9-16(19)12-15)20-18(14-6-2-3-7-14)17-10-5-11-21-17/h4-5,8-14,18,20H,2-3,6-7H2,1H3/t13-,18?/m1/s1. The van der Waals surface area contributed by atoms with Crippen LogP contribution in [0.25, 0.3) is 0 Å². The molecule has 0 aliphatic heterocycles. The molecule has 1 aliphatic carbocycles. The van der Waals surface area contributed by atoms with Crippen molar-refractivity contribution in [2.45, 2.75) is 44.7 Å². The second-order valence-electron chi connectivity index (χ2n) is 5.98. The monoisotopic (exact) mass is 303 g/mol. The van der Waals surface area contributed by atoms with Gasteiger partial charge in [0.1, 0.15) is 5.82 Å². The van der Waals surface area contributed by atoms with Crippen molar-refractivity contribution in [2.24, 2.45) is 5.92 Å². The first-order valence-corrected chi connectivity index (χ1v) is 8.67. The van der Waals surface area contributed by atoms with Gasteiger partial charge in [0.2, 0.25) is 0 Å². The Morgan fingerprint density at radius 2 is 2.00 bits per heavy atom. The van der Waals surface area contributed by atoms with Gasteiger partial charge in [0.15, 0.2) is 0 Å². The predicted molar refractivity (Wildman–Crippen MR) is 87.0 cm³/mol. The zero-order valence-electron chi connectivity index (χ0n) is 12.4. The lowest BCUT2D eigenvalue weighted by atomic mass is 9.95. The number of rotatable bonds is 5. The number of hydrogen-bond donors (Lipinski definition) is 1. The van der Waals surface area contributed by atoms with Crippen LogP contribution < -0.4 is 5.32 Å². The van der Waals surface area contributed by atoms with Crippen molar-refractivity contribution in [3.05, 3.63) is 58.0 Å². The highest BCUT2D eigenvalue weighted by molar-refractivity contribution is 7.10. The maximum absolute atomic E-state index is 13.4. The van der Waals surface area contributed by atoms with Crippen LogP contribution in [0.2, 0.25) is 0 Å². The summed E-state index contributed by atoms with van der Waals surface area (Å²) in [5.74, 6) is 0.550. The molecule has 1 N–H and O–H groups in total. The fourth-order valence-corrected chi connectivity index (χ4v) is 4.23. The number of halogens is 1. The van der Waals surface area contributed by atoms with E-state index in [2.05, 4.69) is 29.8 Å². The molecule has 0 spiro atoms. The Labute approximate surface area is 130 Å². The van der Waals surface area contributed by atoms with Gasteiger partial charge in [-0.25, -0.2) is 4.39 Å². The molecule has 112 valence electrons. The van der Waals surface area contributed by atoms with Gasteiger partial charge in [-0.15, -0.1) is 11.3 Å². The summed E-state index contributed by atoms with van der Waals surface area (Å²) < 4.78 is 13.4. The predicted octanol–water partition coefficient (Wildman–Crippen LogP) is 5.47. The van der Waals surface area contributed by atoms with E-state index in [1.165, 1.54) is 36.6 Å². The first-order valence-electron chi connectivity index (χ1n) is 7.79. The summed E-state index contributed by atoms with van der Waals surface area (Å²) >= 11 is 1.82. The lowest BCUT2D eigenvalue weighted by Gasteiger charge is -2.28. The first kappa shape index (κ1) is 14.7. The third kappa shape index (κ3) is 3.53. The van der Waals surface area contributed by atoms with Crippen LogP contribution in [0.1, 0.15) is 55.1 Å². The summed E-state index contributed by atoms with van der Waals surface area (Å²) in [4.78, 5) is 1.41. The molecule has 1 unspecified atom stereocenters. The Kier molecular flexibility index (Phi) is 4.71. The quantitative estimate of drug-likeness (QED) is 0.772. The Balaban J connectivity index is 1.77. The van der Waals surface area contributed by atoms with Gasteiger partial charge in [-0.2, -0.15) is 0 Å². The van der Waals surface area contributed by atoms with Crippen LogP contribution in [-0.4, -0.2) is 0 Å². The molecule has 21 heavy (non-hydrogen) atoms. The summed E-state index contributed by atoms with van der Waals surface area (Å²) in [6.07, 6.45) is 5.27. The molecular weight excluding hydrogens is 281 g/mol. The maximum atomic E-state index is 13.4. The highest BCUT2D eigenvalue weighted by Gasteiger charge is 2.28. The molecule has 0 saturated heterocycles. The van der Waals surface area contributed by atoms with E-state index in [0.717, 1.165) is 5.56 Å². The molecule has 0 amide bonds. The topological polar surface area (TPSA) is 12.0 Å². The second kappa shape index (κ2) is 6.71. The van der Waals surface area contributed by atoms with E-state index in [0.29, 0.717) is 12.0 Å². The van der Waals surface area contributed by atoms with Crippen molar-refractivity contribution in [2.75, 3.05) is 0 Å². The lowest BCUT2D eigenvalue weighted by Crippen LogP contribution is -2.29. The zero-order valence-corrected chi connectivity index (χ0v) is 13.2. The molecule has 1 aromatic heterocycles. The average molecular weight is 303 g/mol. The van der Waals surface area contributed by atoms with E-state index in [-0.39, 0.29) is 11.9 Å². The van der Waals surface area contributed by atoms with Crippen LogP contribution in [-0.2, 0) is 0 Å². The van der Waals surface area contributed by atoms with Gasteiger partial charge in [0.05, 0.1) is 0 Å². The molecule has 1 saturated carbocycles. The SMILES string of the molecule is C[C@@H](NC(c1cccs1)C1CCCC1)c1cccc(F)c1. The summed E-state index contributed by atoms with van der Waals surface area (Å²) in [5.41, 5.74) is 1.02. The molecule has 3 rings (SSSR count). The highest BCUT2D eigenvalue weighted by atomic mass is 32.1. The zero-order chi connectivity index (χ0) is 14.7. The van der Waals surface area contributed by atoms with Gasteiger partial charge in [-0.3, -0.25) is 0 Å². The van der Waals surface area contributed by atoms with E-state index in [1.54, 1.807) is 12.1 Å². The van der Waals surface area contributed by atoms with Crippen molar-refractivity contribution < 1.29 is 4.39 Å². The minimum Gasteiger partial charge on any atom is -0.302 e. The molecule has 2 atom stereocenters. The number of hydrogen-bond acceptors (Lipinski definition) is 2. The first-order chi connectivity index (χ1) is 10.2. The van der Waals surface area contributed by atoms with Gasteiger partial charge in [0, 0.05) is 17.0 Å². The summed E-state index contributed by atoms with van der Waals surface area (Å²) in [6, 6.07) is 11.8. The van der Waals surface area contributed by atoms with E-state index in [1.807, 2.05) is 17.4 Å². The fourth-order valence-electron chi connectivity index (χ4n) is 3.35. The number of nitrogens with one attached hydrogen (secondary N) is 1. The third-order valence-electron chi connectivity index (χ3n) is 4.50. The smallest absolute Gasteiger partial charge is 0.123 e. The largest absolute Gasteiger partial charge is 0.302 e. The van der Waals surface area contributed by atoms with Gasteiger partial charge in [0.25, 0.3) is 0 Å². The average Bonchev–Trinajstić information content (AvgIpc) is 3.18. The van der Waals surface area contributed by atoms with E-state index in [4.69, 9.17) is 0 Å². The van der Waals surface area contributed by atoms with Crippen molar-refractivity contribution >= 4 is 11.3 Å².